The lowest BCUT2D eigenvalue weighted by molar-refractivity contribution is -0.141. The minimum Gasteiger partial charge on any atom is -0.481 e. The maximum absolute atomic E-state index is 11.1. The van der Waals surface area contributed by atoms with E-state index in [0.717, 1.165) is 16.1 Å². The van der Waals surface area contributed by atoms with E-state index in [4.69, 9.17) is 10.1 Å². The van der Waals surface area contributed by atoms with Gasteiger partial charge in [-0.15, -0.1) is 11.3 Å². The quantitative estimate of drug-likeness (QED) is 0.911. The summed E-state index contributed by atoms with van der Waals surface area (Å²) in [7, 11) is 0. The summed E-state index contributed by atoms with van der Waals surface area (Å²) in [5.74, 6) is -0.588. The number of rotatable bonds is 3. The topological polar surface area (TPSA) is 62.2 Å². The van der Waals surface area contributed by atoms with Gasteiger partial charge in [-0.3, -0.25) is 4.79 Å². The van der Waals surface area contributed by atoms with Crippen molar-refractivity contribution in [3.05, 3.63) is 28.8 Å². The first-order valence-corrected chi connectivity index (χ1v) is 7.73. The molecule has 1 aliphatic heterocycles. The molecule has 0 aliphatic carbocycles. The number of benzene rings is 1. The van der Waals surface area contributed by atoms with Crippen LogP contribution in [0.25, 0.3) is 10.2 Å². The molecule has 2 atom stereocenters. The molecule has 2 heterocycles. The van der Waals surface area contributed by atoms with Crippen LogP contribution in [0.2, 0.25) is 0 Å². The summed E-state index contributed by atoms with van der Waals surface area (Å²) in [5.41, 5.74) is 2.17. The molecule has 0 radical (unpaired) electrons. The van der Waals surface area contributed by atoms with Gasteiger partial charge in [0.1, 0.15) is 0 Å². The highest BCUT2D eigenvalue weighted by molar-refractivity contribution is 7.18. The average Bonchev–Trinajstić information content (AvgIpc) is 3.05. The normalized spacial score (nSPS) is 22.8. The van der Waals surface area contributed by atoms with Crippen LogP contribution < -0.4 is 5.32 Å². The predicted molar refractivity (Wildman–Crippen MR) is 80.2 cm³/mol. The highest BCUT2D eigenvalue weighted by atomic mass is 32.1. The van der Waals surface area contributed by atoms with E-state index in [9.17, 15) is 4.79 Å². The van der Waals surface area contributed by atoms with E-state index < -0.39 is 5.97 Å². The van der Waals surface area contributed by atoms with Crippen LogP contribution in [0, 0.1) is 5.92 Å². The van der Waals surface area contributed by atoms with E-state index >= 15 is 0 Å². The minimum atomic E-state index is -0.715. The zero-order valence-corrected chi connectivity index (χ0v) is 12.4. The molecular formula is C15H18N2O2S. The predicted octanol–water partition coefficient (Wildman–Crippen LogP) is 3.15. The number of aliphatic carboxylic acids is 1. The Morgan fingerprint density at radius 2 is 2.30 bits per heavy atom. The van der Waals surface area contributed by atoms with Gasteiger partial charge in [0.15, 0.2) is 0 Å². The van der Waals surface area contributed by atoms with Gasteiger partial charge in [0.2, 0.25) is 0 Å². The van der Waals surface area contributed by atoms with E-state index in [1.807, 2.05) is 6.07 Å². The summed E-state index contributed by atoms with van der Waals surface area (Å²) in [5, 5.41) is 13.6. The fraction of sp³-hybridized carbons (Fsp3) is 0.467. The zero-order valence-electron chi connectivity index (χ0n) is 11.6. The monoisotopic (exact) mass is 290 g/mol. The number of para-hydroxylation sites is 1. The summed E-state index contributed by atoms with van der Waals surface area (Å²) in [6.07, 6.45) is 0.642. The van der Waals surface area contributed by atoms with Gasteiger partial charge >= 0.3 is 5.97 Å². The molecule has 2 aromatic rings. The summed E-state index contributed by atoms with van der Waals surface area (Å²) in [6, 6.07) is 6.29. The van der Waals surface area contributed by atoms with Crippen LogP contribution in [0.4, 0.5) is 0 Å². The third kappa shape index (κ3) is 2.31. The van der Waals surface area contributed by atoms with E-state index in [2.05, 4.69) is 31.3 Å². The fourth-order valence-electron chi connectivity index (χ4n) is 2.68. The zero-order chi connectivity index (χ0) is 14.3. The average molecular weight is 290 g/mol. The number of hydrogen-bond acceptors (Lipinski definition) is 4. The number of hydrogen-bond donors (Lipinski definition) is 2. The van der Waals surface area contributed by atoms with Crippen molar-refractivity contribution in [3.8, 4) is 0 Å². The van der Waals surface area contributed by atoms with Crippen molar-refractivity contribution in [2.24, 2.45) is 5.92 Å². The van der Waals surface area contributed by atoms with E-state index in [0.29, 0.717) is 18.9 Å². The van der Waals surface area contributed by atoms with Crippen LogP contribution in [0.5, 0.6) is 0 Å². The lowest BCUT2D eigenvalue weighted by atomic mass is 9.99. The molecule has 1 aliphatic rings. The van der Waals surface area contributed by atoms with Gasteiger partial charge in [-0.1, -0.05) is 26.0 Å². The highest BCUT2D eigenvalue weighted by Gasteiger charge is 2.31. The molecule has 1 fully saturated rings. The van der Waals surface area contributed by atoms with Gasteiger partial charge in [-0.05, 0) is 18.1 Å². The molecule has 0 amide bonds. The van der Waals surface area contributed by atoms with E-state index in [1.54, 1.807) is 11.3 Å². The number of carboxylic acid groups (broad SMARTS) is 1. The second kappa shape index (κ2) is 5.14. The fourth-order valence-corrected chi connectivity index (χ4v) is 3.68. The van der Waals surface area contributed by atoms with Gasteiger partial charge in [-0.25, -0.2) is 4.98 Å². The minimum absolute atomic E-state index is 0.0990. The molecule has 20 heavy (non-hydrogen) atoms. The van der Waals surface area contributed by atoms with E-state index in [1.165, 1.54) is 4.70 Å². The lowest BCUT2D eigenvalue weighted by Gasteiger charge is -2.11. The van der Waals surface area contributed by atoms with Crippen LogP contribution in [-0.4, -0.2) is 22.6 Å². The molecule has 2 N–H and O–H groups in total. The van der Waals surface area contributed by atoms with Crippen LogP contribution in [-0.2, 0) is 4.79 Å². The third-order valence-corrected chi connectivity index (χ3v) is 5.14. The molecule has 0 saturated carbocycles. The van der Waals surface area contributed by atoms with Crippen molar-refractivity contribution in [2.75, 3.05) is 6.54 Å². The Bertz CT molecular complexity index is 650. The molecule has 1 saturated heterocycles. The smallest absolute Gasteiger partial charge is 0.307 e. The Morgan fingerprint density at radius 1 is 1.50 bits per heavy atom. The summed E-state index contributed by atoms with van der Waals surface area (Å²) in [4.78, 5) is 15.8. The molecule has 106 valence electrons. The van der Waals surface area contributed by atoms with Crippen LogP contribution >= 0.6 is 11.3 Å². The van der Waals surface area contributed by atoms with Crippen molar-refractivity contribution in [1.29, 1.82) is 0 Å². The first-order valence-electron chi connectivity index (χ1n) is 6.91. The van der Waals surface area contributed by atoms with Crippen LogP contribution in [0.15, 0.2) is 18.2 Å². The maximum atomic E-state index is 11.1. The molecule has 1 aromatic heterocycles. The Morgan fingerprint density at radius 3 is 2.95 bits per heavy atom. The van der Waals surface area contributed by atoms with Crippen molar-refractivity contribution < 1.29 is 9.90 Å². The molecule has 5 heteroatoms. The Labute approximate surface area is 121 Å². The Hall–Kier alpha value is -1.46. The van der Waals surface area contributed by atoms with Crippen molar-refractivity contribution in [1.82, 2.24) is 10.3 Å². The highest BCUT2D eigenvalue weighted by Crippen LogP contribution is 2.35. The first kappa shape index (κ1) is 13.5. The Kier molecular flexibility index (Phi) is 3.48. The number of fused-ring (bicyclic) bond motifs is 1. The third-order valence-electron chi connectivity index (χ3n) is 3.82. The summed E-state index contributed by atoms with van der Waals surface area (Å²) >= 11 is 1.73. The second-order valence-corrected chi connectivity index (χ2v) is 6.69. The van der Waals surface area contributed by atoms with Gasteiger partial charge in [0.05, 0.1) is 21.1 Å². The Balaban J connectivity index is 1.97. The molecule has 4 nitrogen and oxygen atoms in total. The number of carboxylic acids is 1. The van der Waals surface area contributed by atoms with Gasteiger partial charge in [-0.2, -0.15) is 0 Å². The summed E-state index contributed by atoms with van der Waals surface area (Å²) in [6.45, 7) is 4.83. The first-order chi connectivity index (χ1) is 9.56. The van der Waals surface area contributed by atoms with E-state index in [-0.39, 0.29) is 12.0 Å². The van der Waals surface area contributed by atoms with Gasteiger partial charge in [0, 0.05) is 18.5 Å². The van der Waals surface area contributed by atoms with Crippen LogP contribution in [0.1, 0.15) is 42.8 Å². The van der Waals surface area contributed by atoms with Gasteiger partial charge in [0.25, 0.3) is 0 Å². The van der Waals surface area contributed by atoms with Crippen LogP contribution in [0.3, 0.4) is 0 Å². The van der Waals surface area contributed by atoms with Crippen molar-refractivity contribution in [3.63, 3.8) is 0 Å². The number of nitrogens with one attached hydrogen (secondary N) is 1. The molecular weight excluding hydrogens is 272 g/mol. The second-order valence-electron chi connectivity index (χ2n) is 5.63. The largest absolute Gasteiger partial charge is 0.481 e. The lowest BCUT2D eigenvalue weighted by Crippen LogP contribution is -2.17. The molecule has 0 bridgehead atoms. The van der Waals surface area contributed by atoms with Gasteiger partial charge < -0.3 is 10.4 Å². The molecule has 1 aromatic carbocycles. The number of carbonyl (C=O) groups is 1. The SMILES string of the molecule is CC(C)c1nc2c(C3CC(C(=O)O)CN3)cccc2s1. The summed E-state index contributed by atoms with van der Waals surface area (Å²) < 4.78 is 1.19. The molecule has 3 rings (SSSR count). The molecule has 2 unspecified atom stereocenters. The number of aromatic nitrogens is 1. The standard InChI is InChI=1S/C15H18N2O2S/c1-8(2)14-17-13-10(4-3-5-12(13)20-14)11-6-9(7-16-11)15(18)19/h3-5,8-9,11,16H,6-7H2,1-2H3,(H,18,19). The van der Waals surface area contributed by atoms with Crippen molar-refractivity contribution >= 4 is 27.5 Å². The molecule has 0 spiro atoms. The number of nitrogens with zero attached hydrogens (tertiary/aromatic N) is 1. The maximum Gasteiger partial charge on any atom is 0.307 e. The number of thiazole rings is 1. The van der Waals surface area contributed by atoms with Crippen molar-refractivity contribution in [2.45, 2.75) is 32.2 Å².